The number of H-pyrrole nitrogens is 1. The van der Waals surface area contributed by atoms with Crippen LogP contribution in [0, 0.1) is 17.3 Å². The lowest BCUT2D eigenvalue weighted by molar-refractivity contribution is -0.134. The molecule has 6 heterocycles. The predicted molar refractivity (Wildman–Crippen MR) is 177 cm³/mol. The molecule has 0 aromatic carbocycles. The molecule has 3 N–H and O–H groups in total. The minimum absolute atomic E-state index is 0.161. The van der Waals surface area contributed by atoms with Gasteiger partial charge in [0.2, 0.25) is 11.8 Å². The van der Waals surface area contributed by atoms with Crippen molar-refractivity contribution in [2.75, 3.05) is 42.9 Å². The summed E-state index contributed by atoms with van der Waals surface area (Å²) < 4.78 is 28.6. The van der Waals surface area contributed by atoms with Gasteiger partial charge in [-0.2, -0.15) is 5.10 Å². The number of likely N-dealkylation sites (tertiary alicyclic amines) is 1. The van der Waals surface area contributed by atoms with Crippen molar-refractivity contribution in [2.45, 2.75) is 76.0 Å². The summed E-state index contributed by atoms with van der Waals surface area (Å²) in [6, 6.07) is 7.81. The van der Waals surface area contributed by atoms with E-state index in [-0.39, 0.29) is 36.3 Å². The third-order valence-corrected chi connectivity index (χ3v) is 11.9. The molecule has 8 rings (SSSR count). The van der Waals surface area contributed by atoms with Gasteiger partial charge in [0, 0.05) is 72.9 Å². The van der Waals surface area contributed by atoms with Gasteiger partial charge in [-0.05, 0) is 81.3 Å². The molecule has 4 fully saturated rings. The lowest BCUT2D eigenvalue weighted by Gasteiger charge is -2.38. The summed E-state index contributed by atoms with van der Waals surface area (Å²) in [5.74, 6) is -2.65. The average Bonchev–Trinajstić information content (AvgIpc) is 3.33. The van der Waals surface area contributed by atoms with Crippen molar-refractivity contribution in [1.29, 1.82) is 0 Å². The van der Waals surface area contributed by atoms with Gasteiger partial charge in [-0.15, -0.1) is 0 Å². The first-order valence-electron chi connectivity index (χ1n) is 17.6. The van der Waals surface area contributed by atoms with E-state index >= 15 is 0 Å². The van der Waals surface area contributed by atoms with Gasteiger partial charge in [-0.1, -0.05) is 13.0 Å². The third-order valence-electron chi connectivity index (χ3n) is 11.9. The number of alkyl halides is 2. The van der Waals surface area contributed by atoms with Crippen molar-refractivity contribution in [3.63, 3.8) is 0 Å². The van der Waals surface area contributed by atoms with Gasteiger partial charge in [0.1, 0.15) is 5.82 Å². The molecule has 3 amide bonds. The summed E-state index contributed by atoms with van der Waals surface area (Å²) in [6.07, 6.45) is 9.00. The molecule has 258 valence electrons. The van der Waals surface area contributed by atoms with Gasteiger partial charge >= 0.3 is 0 Å². The fourth-order valence-electron chi connectivity index (χ4n) is 8.63. The average molecular weight is 673 g/mol. The van der Waals surface area contributed by atoms with Crippen molar-refractivity contribution in [3.05, 3.63) is 64.9 Å². The normalized spacial score (nSPS) is 27.3. The molecule has 0 bridgehead atoms. The number of imide groups is 1. The van der Waals surface area contributed by atoms with E-state index < -0.39 is 23.2 Å². The molecule has 5 aliphatic rings. The molecule has 0 spiro atoms. The zero-order valence-electron chi connectivity index (χ0n) is 27.7. The molecule has 0 radical (unpaired) electrons. The van der Waals surface area contributed by atoms with Crippen LogP contribution in [0.5, 0.6) is 0 Å². The number of carbonyl (C=O) groups excluding carboxylic acids is 3. The molecule has 2 aliphatic carbocycles. The number of amides is 3. The van der Waals surface area contributed by atoms with Gasteiger partial charge in [-0.25, -0.2) is 13.8 Å². The van der Waals surface area contributed by atoms with Crippen LogP contribution in [-0.4, -0.2) is 81.4 Å². The Kier molecular flexibility index (Phi) is 8.00. The highest BCUT2D eigenvalue weighted by Crippen LogP contribution is 2.70. The number of piperidine rings is 3. The van der Waals surface area contributed by atoms with E-state index in [2.05, 4.69) is 40.6 Å². The SMILES string of the molecule is C[C@@]12Cc3[nH]nc(C(=O)Nc4ccc(C5CCN(CC6CCN(c7ccc(C8CCC(=O)NC8=O)cn7)CC6)CC5)nc4)c3C[C@@H]1C2(F)F. The van der Waals surface area contributed by atoms with Crippen molar-refractivity contribution < 1.29 is 23.2 Å². The van der Waals surface area contributed by atoms with Gasteiger partial charge in [0.25, 0.3) is 11.8 Å². The first-order chi connectivity index (χ1) is 23.6. The van der Waals surface area contributed by atoms with Gasteiger partial charge in [0.05, 0.1) is 17.8 Å². The standard InChI is InChI=1S/C36H42F2N8O3/c1-35-17-28-26(16-29(35)36(35,37)38)32(44-43-28)34(49)41-24-3-5-27(39-19-24)22-10-12-45(13-11-22)20-21-8-14-46(15-9-21)30-6-2-23(18-40-30)25-4-7-31(47)42-33(25)48/h2-3,5-6,18-19,21-22,25,29H,4,7-17,20H2,1H3,(H,41,49)(H,43,44)(H,42,47,48)/t25?,29-,35+/m0/s1. The van der Waals surface area contributed by atoms with Crippen LogP contribution in [0.1, 0.15) is 90.3 Å². The molecule has 49 heavy (non-hydrogen) atoms. The Morgan fingerprint density at radius 2 is 1.80 bits per heavy atom. The van der Waals surface area contributed by atoms with Crippen LogP contribution >= 0.6 is 0 Å². The maximum atomic E-state index is 14.3. The Bertz CT molecular complexity index is 1750. The summed E-state index contributed by atoms with van der Waals surface area (Å²) in [5.41, 5.74) is 2.84. The summed E-state index contributed by atoms with van der Waals surface area (Å²) >= 11 is 0. The lowest BCUT2D eigenvalue weighted by Crippen LogP contribution is -2.41. The molecule has 1 unspecified atom stereocenters. The fourth-order valence-corrected chi connectivity index (χ4v) is 8.63. The van der Waals surface area contributed by atoms with Crippen LogP contribution in [0.3, 0.4) is 0 Å². The van der Waals surface area contributed by atoms with E-state index in [0.29, 0.717) is 41.6 Å². The first kappa shape index (κ1) is 32.0. The number of halogens is 2. The predicted octanol–water partition coefficient (Wildman–Crippen LogP) is 4.44. The number of nitrogens with zero attached hydrogens (tertiary/aromatic N) is 5. The Morgan fingerprint density at radius 3 is 2.49 bits per heavy atom. The summed E-state index contributed by atoms with van der Waals surface area (Å²) in [4.78, 5) is 51.0. The van der Waals surface area contributed by atoms with E-state index in [0.717, 1.165) is 75.5 Å². The van der Waals surface area contributed by atoms with Gasteiger partial charge in [0.15, 0.2) is 5.69 Å². The number of carbonyl (C=O) groups is 3. The number of hydrogen-bond acceptors (Lipinski definition) is 8. The zero-order valence-corrected chi connectivity index (χ0v) is 27.7. The van der Waals surface area contributed by atoms with Gasteiger partial charge in [-0.3, -0.25) is 29.8 Å². The molecule has 3 aliphatic heterocycles. The summed E-state index contributed by atoms with van der Waals surface area (Å²) in [5, 5.41) is 12.3. The summed E-state index contributed by atoms with van der Waals surface area (Å²) in [7, 11) is 0. The first-order valence-corrected chi connectivity index (χ1v) is 17.6. The number of aromatic nitrogens is 4. The molecule has 1 saturated carbocycles. The smallest absolute Gasteiger partial charge is 0.276 e. The number of anilines is 2. The number of rotatable bonds is 7. The topological polar surface area (TPSA) is 136 Å². The lowest BCUT2D eigenvalue weighted by atomic mass is 9.87. The molecule has 13 heteroatoms. The van der Waals surface area contributed by atoms with Crippen molar-refractivity contribution in [3.8, 4) is 0 Å². The molecule has 3 aromatic rings. The maximum absolute atomic E-state index is 14.3. The van der Waals surface area contributed by atoms with Crippen LogP contribution in [0.2, 0.25) is 0 Å². The van der Waals surface area contributed by atoms with E-state index in [1.165, 1.54) is 0 Å². The highest BCUT2D eigenvalue weighted by Gasteiger charge is 2.78. The number of nitrogens with one attached hydrogen (secondary N) is 3. The second-order valence-electron chi connectivity index (χ2n) is 14.9. The van der Waals surface area contributed by atoms with Crippen LogP contribution in [0.15, 0.2) is 36.7 Å². The highest BCUT2D eigenvalue weighted by atomic mass is 19.3. The fraction of sp³-hybridized carbons (Fsp3) is 0.556. The molecule has 3 aromatic heterocycles. The minimum atomic E-state index is -2.70. The quantitative estimate of drug-likeness (QED) is 0.314. The molecule has 3 saturated heterocycles. The van der Waals surface area contributed by atoms with Crippen molar-refractivity contribution >= 4 is 29.2 Å². The van der Waals surface area contributed by atoms with Crippen LogP contribution in [0.25, 0.3) is 0 Å². The summed E-state index contributed by atoms with van der Waals surface area (Å²) in [6.45, 7) is 6.66. The largest absolute Gasteiger partial charge is 0.357 e. The molecular formula is C36H42F2N8O3. The number of fused-ring (bicyclic) bond motifs is 2. The van der Waals surface area contributed by atoms with E-state index in [4.69, 9.17) is 0 Å². The Balaban J connectivity index is 0.778. The van der Waals surface area contributed by atoms with Crippen molar-refractivity contribution in [1.82, 2.24) is 30.4 Å². The number of pyridine rings is 2. The van der Waals surface area contributed by atoms with E-state index in [1.54, 1.807) is 19.3 Å². The zero-order chi connectivity index (χ0) is 33.9. The third kappa shape index (κ3) is 5.89. The highest BCUT2D eigenvalue weighted by molar-refractivity contribution is 6.04. The number of hydrogen-bond donors (Lipinski definition) is 3. The Hall–Kier alpha value is -4.26. The van der Waals surface area contributed by atoms with Crippen LogP contribution in [-0.2, 0) is 22.4 Å². The minimum Gasteiger partial charge on any atom is -0.357 e. The maximum Gasteiger partial charge on any atom is 0.276 e. The van der Waals surface area contributed by atoms with E-state index in [1.807, 2.05) is 24.3 Å². The van der Waals surface area contributed by atoms with Crippen LogP contribution < -0.4 is 15.5 Å². The Labute approximate surface area is 283 Å². The van der Waals surface area contributed by atoms with E-state index in [9.17, 15) is 23.2 Å². The molecule has 3 atom stereocenters. The molecular weight excluding hydrogens is 630 g/mol. The van der Waals surface area contributed by atoms with Crippen LogP contribution in [0.4, 0.5) is 20.3 Å². The number of aromatic amines is 1. The second kappa shape index (κ2) is 12.3. The molecule has 11 nitrogen and oxygen atoms in total. The second-order valence-corrected chi connectivity index (χ2v) is 14.9. The van der Waals surface area contributed by atoms with Gasteiger partial charge < -0.3 is 15.1 Å². The monoisotopic (exact) mass is 672 g/mol. The van der Waals surface area contributed by atoms with Crippen molar-refractivity contribution in [2.24, 2.45) is 17.3 Å². The Morgan fingerprint density at radius 1 is 1.00 bits per heavy atom.